The minimum absolute atomic E-state index is 0.0527. The van der Waals surface area contributed by atoms with Gasteiger partial charge in [-0.1, -0.05) is 50.8 Å². The van der Waals surface area contributed by atoms with E-state index in [2.05, 4.69) is 32.3 Å². The van der Waals surface area contributed by atoms with Crippen molar-refractivity contribution in [3.05, 3.63) is 11.8 Å². The van der Waals surface area contributed by atoms with Crippen molar-refractivity contribution in [1.82, 2.24) is 10.4 Å². The van der Waals surface area contributed by atoms with Crippen molar-refractivity contribution in [3.8, 4) is 0 Å². The van der Waals surface area contributed by atoms with E-state index in [0.717, 1.165) is 12.1 Å². The molecule has 2 aliphatic rings. The number of rotatable bonds is 2. The third-order valence-corrected chi connectivity index (χ3v) is 4.37. The van der Waals surface area contributed by atoms with Crippen molar-refractivity contribution in [2.45, 2.75) is 33.6 Å². The van der Waals surface area contributed by atoms with Gasteiger partial charge in [0, 0.05) is 5.70 Å². The van der Waals surface area contributed by atoms with Gasteiger partial charge in [0.15, 0.2) is 4.32 Å². The van der Waals surface area contributed by atoms with Crippen LogP contribution in [0.25, 0.3) is 0 Å². The summed E-state index contributed by atoms with van der Waals surface area (Å²) in [6.07, 6.45) is 4.40. The number of thioether (sulfide) groups is 1. The van der Waals surface area contributed by atoms with E-state index in [1.54, 1.807) is 0 Å². The highest BCUT2D eigenvalue weighted by molar-refractivity contribution is 8.23. The first-order valence-corrected chi connectivity index (χ1v) is 7.25. The second-order valence-electron chi connectivity index (χ2n) is 5.57. The number of nitrogens with zero attached hydrogens (tertiary/aromatic N) is 1. The van der Waals surface area contributed by atoms with E-state index in [0.29, 0.717) is 16.0 Å². The lowest BCUT2D eigenvalue weighted by atomic mass is 9.76. The van der Waals surface area contributed by atoms with E-state index < -0.39 is 0 Å². The molecule has 0 aromatic carbocycles. The Morgan fingerprint density at radius 2 is 2.29 bits per heavy atom. The predicted molar refractivity (Wildman–Crippen MR) is 75.3 cm³/mol. The van der Waals surface area contributed by atoms with Gasteiger partial charge in [-0.3, -0.25) is 10.2 Å². The highest BCUT2D eigenvalue weighted by Crippen LogP contribution is 2.36. The molecule has 0 bridgehead atoms. The Kier molecular flexibility index (Phi) is 3.50. The molecule has 1 amide bonds. The maximum absolute atomic E-state index is 11.6. The first-order chi connectivity index (χ1) is 7.87. The molecule has 0 aromatic rings. The molecule has 17 heavy (non-hydrogen) atoms. The molecule has 0 saturated carbocycles. The van der Waals surface area contributed by atoms with Gasteiger partial charge in [-0.15, -0.1) is 0 Å². The van der Waals surface area contributed by atoms with Gasteiger partial charge in [-0.25, -0.2) is 5.01 Å². The van der Waals surface area contributed by atoms with Crippen LogP contribution in [0.1, 0.15) is 33.6 Å². The Balaban J connectivity index is 2.10. The molecule has 0 aromatic heterocycles. The lowest BCUT2D eigenvalue weighted by molar-refractivity contribution is -0.125. The van der Waals surface area contributed by atoms with Crippen molar-refractivity contribution >= 4 is 34.2 Å². The SMILES string of the molecule is C[C@H]1CC(NN2C(=O)CSC2=S)=CC(C)(C)C1. The Morgan fingerprint density at radius 1 is 1.59 bits per heavy atom. The molecule has 0 unspecified atom stereocenters. The number of hydrazine groups is 1. The van der Waals surface area contributed by atoms with Crippen molar-refractivity contribution in [2.24, 2.45) is 11.3 Å². The van der Waals surface area contributed by atoms with E-state index in [4.69, 9.17) is 12.2 Å². The number of carbonyl (C=O) groups excluding carboxylic acids is 1. The largest absolute Gasteiger partial charge is 0.294 e. The summed E-state index contributed by atoms with van der Waals surface area (Å²) in [6, 6.07) is 0. The maximum atomic E-state index is 11.6. The second kappa shape index (κ2) is 4.61. The summed E-state index contributed by atoms with van der Waals surface area (Å²) in [5, 5.41) is 1.51. The Hall–Kier alpha value is -0.550. The first kappa shape index (κ1) is 12.9. The van der Waals surface area contributed by atoms with Crippen molar-refractivity contribution < 1.29 is 4.79 Å². The van der Waals surface area contributed by atoms with Crippen LogP contribution in [-0.2, 0) is 4.79 Å². The molecular formula is C12H18N2OS2. The van der Waals surface area contributed by atoms with Crippen LogP contribution in [0.5, 0.6) is 0 Å². The molecule has 1 heterocycles. The lowest BCUT2D eigenvalue weighted by Gasteiger charge is -2.33. The third kappa shape index (κ3) is 3.01. The number of amides is 1. The fourth-order valence-electron chi connectivity index (χ4n) is 2.62. The van der Waals surface area contributed by atoms with Gasteiger partial charge in [-0.2, -0.15) is 0 Å². The number of hydrogen-bond donors (Lipinski definition) is 1. The fourth-order valence-corrected chi connectivity index (χ4v) is 3.60. The Labute approximate surface area is 112 Å². The zero-order valence-corrected chi connectivity index (χ0v) is 12.1. The molecular weight excluding hydrogens is 252 g/mol. The normalized spacial score (nSPS) is 28.3. The number of allylic oxidation sites excluding steroid dienone is 2. The standard InChI is InChI=1S/C12H18N2OS2/c1-8-4-9(6-12(2,3)5-8)13-14-10(15)7-17-11(14)16/h6,8,13H,4-5,7H2,1-3H3/t8-/m0/s1. The fraction of sp³-hybridized carbons (Fsp3) is 0.667. The van der Waals surface area contributed by atoms with Gasteiger partial charge in [0.25, 0.3) is 5.91 Å². The molecule has 1 N–H and O–H groups in total. The van der Waals surface area contributed by atoms with Crippen molar-refractivity contribution in [3.63, 3.8) is 0 Å². The molecule has 1 aliphatic carbocycles. The molecule has 1 aliphatic heterocycles. The molecule has 0 radical (unpaired) electrons. The molecule has 1 fully saturated rings. The van der Waals surface area contributed by atoms with Crippen LogP contribution in [0.2, 0.25) is 0 Å². The van der Waals surface area contributed by atoms with Crippen LogP contribution in [0.15, 0.2) is 11.8 Å². The van der Waals surface area contributed by atoms with Crippen LogP contribution in [0, 0.1) is 11.3 Å². The molecule has 0 spiro atoms. The van der Waals surface area contributed by atoms with Gasteiger partial charge in [0.2, 0.25) is 0 Å². The Bertz CT molecular complexity index is 374. The lowest BCUT2D eigenvalue weighted by Crippen LogP contribution is -2.42. The molecule has 94 valence electrons. The molecule has 1 saturated heterocycles. The van der Waals surface area contributed by atoms with Gasteiger partial charge < -0.3 is 0 Å². The van der Waals surface area contributed by atoms with E-state index in [9.17, 15) is 4.79 Å². The van der Waals surface area contributed by atoms with E-state index in [1.807, 2.05) is 0 Å². The maximum Gasteiger partial charge on any atom is 0.257 e. The zero-order valence-electron chi connectivity index (χ0n) is 10.4. The number of hydrogen-bond acceptors (Lipinski definition) is 4. The highest BCUT2D eigenvalue weighted by Gasteiger charge is 2.30. The van der Waals surface area contributed by atoms with Gasteiger partial charge in [0.1, 0.15) is 0 Å². The minimum Gasteiger partial charge on any atom is -0.294 e. The monoisotopic (exact) mass is 270 g/mol. The van der Waals surface area contributed by atoms with Gasteiger partial charge in [0.05, 0.1) is 5.75 Å². The topological polar surface area (TPSA) is 32.3 Å². The summed E-state index contributed by atoms with van der Waals surface area (Å²) in [4.78, 5) is 11.6. The quantitative estimate of drug-likeness (QED) is 0.782. The average Bonchev–Trinajstić information content (AvgIpc) is 2.46. The minimum atomic E-state index is 0.0527. The van der Waals surface area contributed by atoms with E-state index in [-0.39, 0.29) is 11.3 Å². The van der Waals surface area contributed by atoms with Crippen LogP contribution < -0.4 is 5.43 Å². The van der Waals surface area contributed by atoms with E-state index in [1.165, 1.54) is 23.2 Å². The van der Waals surface area contributed by atoms with Crippen LogP contribution in [-0.4, -0.2) is 21.0 Å². The van der Waals surface area contributed by atoms with Crippen molar-refractivity contribution in [1.29, 1.82) is 0 Å². The summed E-state index contributed by atoms with van der Waals surface area (Å²) >= 11 is 6.57. The average molecular weight is 270 g/mol. The van der Waals surface area contributed by atoms with Crippen LogP contribution >= 0.6 is 24.0 Å². The summed E-state index contributed by atoms with van der Waals surface area (Å²) in [5.41, 5.74) is 4.50. The van der Waals surface area contributed by atoms with Gasteiger partial charge >= 0.3 is 0 Å². The van der Waals surface area contributed by atoms with Crippen LogP contribution in [0.3, 0.4) is 0 Å². The first-order valence-electron chi connectivity index (χ1n) is 5.85. The van der Waals surface area contributed by atoms with E-state index >= 15 is 0 Å². The highest BCUT2D eigenvalue weighted by atomic mass is 32.2. The summed E-state index contributed by atoms with van der Waals surface area (Å²) in [5.74, 6) is 1.14. The number of nitrogens with one attached hydrogen (secondary N) is 1. The number of carbonyl (C=O) groups is 1. The molecule has 3 nitrogen and oxygen atoms in total. The second-order valence-corrected chi connectivity index (χ2v) is 7.18. The smallest absolute Gasteiger partial charge is 0.257 e. The summed E-state index contributed by atoms with van der Waals surface area (Å²) < 4.78 is 0.631. The summed E-state index contributed by atoms with van der Waals surface area (Å²) in [6.45, 7) is 6.70. The predicted octanol–water partition coefficient (Wildman–Crippen LogP) is 2.69. The number of thiocarbonyl (C=S) groups is 1. The van der Waals surface area contributed by atoms with Gasteiger partial charge in [-0.05, 0) is 24.2 Å². The molecule has 5 heteroatoms. The Morgan fingerprint density at radius 3 is 2.82 bits per heavy atom. The van der Waals surface area contributed by atoms with Crippen LogP contribution in [0.4, 0.5) is 0 Å². The molecule has 1 atom stereocenters. The summed E-state index contributed by atoms with van der Waals surface area (Å²) in [7, 11) is 0. The zero-order chi connectivity index (χ0) is 12.6. The molecule has 2 rings (SSSR count). The van der Waals surface area contributed by atoms with Crippen molar-refractivity contribution in [2.75, 3.05) is 5.75 Å². The third-order valence-electron chi connectivity index (χ3n) is 3.01.